The number of nitrogen functional groups attached to an aromatic ring is 1. The van der Waals surface area contributed by atoms with Gasteiger partial charge in [-0.1, -0.05) is 17.7 Å². The van der Waals surface area contributed by atoms with Gasteiger partial charge in [0.15, 0.2) is 4.67 Å². The summed E-state index contributed by atoms with van der Waals surface area (Å²) in [6.07, 6.45) is 1.41. The zero-order valence-electron chi connectivity index (χ0n) is 8.54. The summed E-state index contributed by atoms with van der Waals surface area (Å²) in [6.45, 7) is 0. The van der Waals surface area contributed by atoms with E-state index in [1.807, 2.05) is 0 Å². The zero-order valence-corrected chi connectivity index (χ0v) is 10.9. The lowest BCUT2D eigenvalue weighted by Gasteiger charge is -2.08. The second-order valence-electron chi connectivity index (χ2n) is 3.27. The average Bonchev–Trinajstić information content (AvgIpc) is 2.70. The van der Waals surface area contributed by atoms with Crippen LogP contribution < -0.4 is 11.1 Å². The quantitative estimate of drug-likeness (QED) is 0.833. The van der Waals surface area contributed by atoms with Gasteiger partial charge < -0.3 is 15.5 Å². The van der Waals surface area contributed by atoms with Gasteiger partial charge in [-0.15, -0.1) is 0 Å². The second-order valence-corrected chi connectivity index (χ2v) is 4.39. The van der Waals surface area contributed by atoms with Crippen LogP contribution in [0.25, 0.3) is 0 Å². The number of rotatable bonds is 2. The van der Waals surface area contributed by atoms with Gasteiger partial charge in [0.25, 0.3) is 5.91 Å². The molecule has 0 aliphatic carbocycles. The van der Waals surface area contributed by atoms with Crippen molar-refractivity contribution in [3.63, 3.8) is 0 Å². The summed E-state index contributed by atoms with van der Waals surface area (Å²) in [5, 5.41) is 3.02. The lowest BCUT2D eigenvalue weighted by atomic mass is 10.2. The van der Waals surface area contributed by atoms with E-state index in [1.165, 1.54) is 6.26 Å². The first kappa shape index (κ1) is 12.0. The standard InChI is InChI=1S/C11H8BrClN2O2/c12-10-6(4-5-17-10)11(16)15-9-7(13)2-1-3-8(9)14/h1-5H,14H2,(H,15,16). The molecule has 0 radical (unpaired) electrons. The molecule has 0 bridgehead atoms. The number of para-hydroxylation sites is 1. The molecule has 2 rings (SSSR count). The molecule has 4 nitrogen and oxygen atoms in total. The number of halogens is 2. The molecule has 0 unspecified atom stereocenters. The third-order valence-electron chi connectivity index (χ3n) is 2.15. The fourth-order valence-electron chi connectivity index (χ4n) is 1.31. The van der Waals surface area contributed by atoms with Crippen molar-refractivity contribution in [3.05, 3.63) is 45.8 Å². The lowest BCUT2D eigenvalue weighted by Crippen LogP contribution is -2.13. The Morgan fingerprint density at radius 2 is 2.18 bits per heavy atom. The molecule has 1 aromatic carbocycles. The minimum Gasteiger partial charge on any atom is -0.457 e. The Hall–Kier alpha value is -1.46. The van der Waals surface area contributed by atoms with E-state index in [2.05, 4.69) is 21.2 Å². The van der Waals surface area contributed by atoms with E-state index in [-0.39, 0.29) is 5.91 Å². The molecule has 0 aliphatic rings. The highest BCUT2D eigenvalue weighted by Gasteiger charge is 2.15. The summed E-state index contributed by atoms with van der Waals surface area (Å²) >= 11 is 9.07. The monoisotopic (exact) mass is 314 g/mol. The molecule has 6 heteroatoms. The predicted molar refractivity (Wildman–Crippen MR) is 70.2 cm³/mol. The van der Waals surface area contributed by atoms with Gasteiger partial charge in [-0.25, -0.2) is 0 Å². The predicted octanol–water partition coefficient (Wildman–Crippen LogP) is 3.53. The van der Waals surface area contributed by atoms with Crippen molar-refractivity contribution in [1.82, 2.24) is 0 Å². The Kier molecular flexibility index (Phi) is 3.40. The molecule has 0 saturated heterocycles. The van der Waals surface area contributed by atoms with Crippen molar-refractivity contribution in [2.75, 3.05) is 11.1 Å². The highest BCUT2D eigenvalue weighted by molar-refractivity contribution is 9.10. The lowest BCUT2D eigenvalue weighted by molar-refractivity contribution is 0.102. The van der Waals surface area contributed by atoms with Crippen molar-refractivity contribution in [2.24, 2.45) is 0 Å². The number of anilines is 2. The van der Waals surface area contributed by atoms with Gasteiger partial charge in [0.1, 0.15) is 0 Å². The Balaban J connectivity index is 2.28. The van der Waals surface area contributed by atoms with E-state index in [1.54, 1.807) is 24.3 Å². The second kappa shape index (κ2) is 4.81. The van der Waals surface area contributed by atoms with Crippen molar-refractivity contribution in [1.29, 1.82) is 0 Å². The molecule has 17 heavy (non-hydrogen) atoms. The van der Waals surface area contributed by atoms with E-state index in [4.69, 9.17) is 21.8 Å². The zero-order chi connectivity index (χ0) is 12.4. The number of hydrogen-bond acceptors (Lipinski definition) is 3. The van der Waals surface area contributed by atoms with Crippen LogP contribution in [0.1, 0.15) is 10.4 Å². The molecular formula is C11H8BrClN2O2. The minimum absolute atomic E-state index is 0.342. The molecule has 2 aromatic rings. The van der Waals surface area contributed by atoms with E-state index >= 15 is 0 Å². The maximum atomic E-state index is 11.9. The SMILES string of the molecule is Nc1cccc(Cl)c1NC(=O)c1ccoc1Br. The fourth-order valence-corrected chi connectivity index (χ4v) is 1.96. The van der Waals surface area contributed by atoms with Crippen LogP contribution in [-0.2, 0) is 0 Å². The molecule has 0 fully saturated rings. The Labute approximate surface area is 111 Å². The van der Waals surface area contributed by atoms with Gasteiger partial charge in [0.2, 0.25) is 0 Å². The van der Waals surface area contributed by atoms with Crippen molar-refractivity contribution >= 4 is 44.8 Å². The number of furan rings is 1. The summed E-state index contributed by atoms with van der Waals surface area (Å²) in [5.41, 5.74) is 6.91. The molecule has 3 N–H and O–H groups in total. The summed E-state index contributed by atoms with van der Waals surface area (Å²) in [6, 6.07) is 6.57. The van der Waals surface area contributed by atoms with Crippen LogP contribution in [0, 0.1) is 0 Å². The summed E-state index contributed by atoms with van der Waals surface area (Å²) in [5.74, 6) is -0.342. The smallest absolute Gasteiger partial charge is 0.260 e. The molecular weight excluding hydrogens is 307 g/mol. The van der Waals surface area contributed by atoms with Gasteiger partial charge in [-0.2, -0.15) is 0 Å². The number of amides is 1. The van der Waals surface area contributed by atoms with Gasteiger partial charge in [-0.05, 0) is 34.1 Å². The number of hydrogen-bond donors (Lipinski definition) is 2. The third-order valence-corrected chi connectivity index (χ3v) is 3.08. The topological polar surface area (TPSA) is 68.3 Å². The summed E-state index contributed by atoms with van der Waals surface area (Å²) in [7, 11) is 0. The van der Waals surface area contributed by atoms with Crippen molar-refractivity contribution < 1.29 is 9.21 Å². The van der Waals surface area contributed by atoms with Crippen LogP contribution in [0.2, 0.25) is 5.02 Å². The third kappa shape index (κ3) is 2.45. The number of benzene rings is 1. The first-order chi connectivity index (χ1) is 8.09. The van der Waals surface area contributed by atoms with E-state index < -0.39 is 0 Å². The molecule has 1 heterocycles. The molecule has 1 amide bonds. The Morgan fingerprint density at radius 3 is 2.76 bits per heavy atom. The molecule has 0 spiro atoms. The normalized spacial score (nSPS) is 10.2. The van der Waals surface area contributed by atoms with Crippen molar-refractivity contribution in [2.45, 2.75) is 0 Å². The first-order valence-electron chi connectivity index (χ1n) is 4.68. The van der Waals surface area contributed by atoms with E-state index in [0.29, 0.717) is 26.6 Å². The van der Waals surface area contributed by atoms with Crippen LogP contribution >= 0.6 is 27.5 Å². The number of nitrogens with two attached hydrogens (primary N) is 1. The number of carbonyl (C=O) groups is 1. The molecule has 0 aliphatic heterocycles. The molecule has 88 valence electrons. The van der Waals surface area contributed by atoms with E-state index in [0.717, 1.165) is 0 Å². The van der Waals surface area contributed by atoms with Crippen LogP contribution in [0.15, 0.2) is 39.6 Å². The molecule has 0 atom stereocenters. The van der Waals surface area contributed by atoms with Crippen LogP contribution in [0.5, 0.6) is 0 Å². The number of nitrogens with one attached hydrogen (secondary N) is 1. The highest BCUT2D eigenvalue weighted by atomic mass is 79.9. The first-order valence-corrected chi connectivity index (χ1v) is 5.85. The average molecular weight is 316 g/mol. The maximum Gasteiger partial charge on any atom is 0.260 e. The van der Waals surface area contributed by atoms with Gasteiger partial charge >= 0.3 is 0 Å². The van der Waals surface area contributed by atoms with Gasteiger partial charge in [0, 0.05) is 0 Å². The number of carbonyl (C=O) groups excluding carboxylic acids is 1. The van der Waals surface area contributed by atoms with E-state index in [9.17, 15) is 4.79 Å². The molecule has 1 aromatic heterocycles. The fraction of sp³-hybridized carbons (Fsp3) is 0. The van der Waals surface area contributed by atoms with Gasteiger partial charge in [0.05, 0.1) is 28.2 Å². The molecule has 0 saturated carbocycles. The summed E-state index contributed by atoms with van der Waals surface area (Å²) < 4.78 is 5.34. The van der Waals surface area contributed by atoms with Crippen molar-refractivity contribution in [3.8, 4) is 0 Å². The van der Waals surface area contributed by atoms with Gasteiger partial charge in [-0.3, -0.25) is 4.79 Å². The highest BCUT2D eigenvalue weighted by Crippen LogP contribution is 2.29. The van der Waals surface area contributed by atoms with Crippen LogP contribution in [0.4, 0.5) is 11.4 Å². The Morgan fingerprint density at radius 1 is 1.41 bits per heavy atom. The van der Waals surface area contributed by atoms with Crippen LogP contribution in [0.3, 0.4) is 0 Å². The Bertz CT molecular complexity index is 548. The maximum absolute atomic E-state index is 11.9. The summed E-state index contributed by atoms with van der Waals surface area (Å²) in [4.78, 5) is 11.9. The minimum atomic E-state index is -0.342. The largest absolute Gasteiger partial charge is 0.457 e. The van der Waals surface area contributed by atoms with Crippen LogP contribution in [-0.4, -0.2) is 5.91 Å².